The molecule has 0 spiro atoms. The van der Waals surface area contributed by atoms with Crippen LogP contribution in [-0.2, 0) is 0 Å². The van der Waals surface area contributed by atoms with Crippen molar-refractivity contribution in [2.24, 2.45) is 5.10 Å². The molecule has 0 amide bonds. The minimum atomic E-state index is -0.384. The van der Waals surface area contributed by atoms with Gasteiger partial charge < -0.3 is 5.73 Å². The summed E-state index contributed by atoms with van der Waals surface area (Å²) in [7, 11) is 0. The van der Waals surface area contributed by atoms with Crippen LogP contribution in [0.2, 0.25) is 0 Å². The minimum absolute atomic E-state index is 0.0305. The van der Waals surface area contributed by atoms with Crippen LogP contribution in [0.25, 0.3) is 11.2 Å². The zero-order valence-corrected chi connectivity index (χ0v) is 6.56. The van der Waals surface area contributed by atoms with E-state index in [9.17, 15) is 4.79 Å². The first-order valence-corrected chi connectivity index (χ1v) is 3.42. The van der Waals surface area contributed by atoms with Crippen LogP contribution >= 0.6 is 0 Å². The van der Waals surface area contributed by atoms with E-state index >= 15 is 0 Å². The van der Waals surface area contributed by atoms with Crippen molar-refractivity contribution in [3.8, 4) is 0 Å². The summed E-state index contributed by atoms with van der Waals surface area (Å²) in [6.45, 7) is 3.29. The van der Waals surface area contributed by atoms with Gasteiger partial charge in [0.2, 0.25) is 5.95 Å². The molecule has 3 N–H and O–H groups in total. The van der Waals surface area contributed by atoms with Gasteiger partial charge in [0, 0.05) is 6.72 Å². The van der Waals surface area contributed by atoms with Gasteiger partial charge in [0.1, 0.15) is 6.33 Å². The van der Waals surface area contributed by atoms with Crippen LogP contribution in [0, 0.1) is 0 Å². The summed E-state index contributed by atoms with van der Waals surface area (Å²) < 4.78 is 1.28. The first-order chi connectivity index (χ1) is 6.22. The largest absolute Gasteiger partial charge is 0.369 e. The van der Waals surface area contributed by atoms with Crippen LogP contribution in [0.15, 0.2) is 16.2 Å². The molecule has 0 bridgehead atoms. The molecule has 7 heteroatoms. The highest BCUT2D eigenvalue weighted by Gasteiger charge is 2.07. The Morgan fingerprint density at radius 3 is 3.15 bits per heavy atom. The van der Waals surface area contributed by atoms with E-state index in [1.54, 1.807) is 0 Å². The molecular weight excluding hydrogens is 172 g/mol. The molecule has 0 aliphatic rings. The van der Waals surface area contributed by atoms with Crippen LogP contribution in [-0.4, -0.2) is 26.3 Å². The van der Waals surface area contributed by atoms with Crippen molar-refractivity contribution < 1.29 is 0 Å². The molecule has 0 unspecified atom stereocenters. The number of fused-ring (bicyclic) bond motifs is 1. The monoisotopic (exact) mass is 178 g/mol. The molecule has 0 fully saturated rings. The fourth-order valence-electron chi connectivity index (χ4n) is 1.02. The number of hydrogen-bond acceptors (Lipinski definition) is 5. The standard InChI is InChI=1S/C6H6N6O/c1-8-12-2-9-3-4(12)10-6(7)11-5(3)13/h2H,1H2,(H3,7,10,11,13). The summed E-state index contributed by atoms with van der Waals surface area (Å²) >= 11 is 0. The maximum atomic E-state index is 11.2. The maximum absolute atomic E-state index is 11.2. The first kappa shape index (κ1) is 7.47. The molecule has 2 aromatic heterocycles. The lowest BCUT2D eigenvalue weighted by Gasteiger charge is -1.93. The zero-order valence-electron chi connectivity index (χ0n) is 6.56. The highest BCUT2D eigenvalue weighted by molar-refractivity contribution is 5.70. The fraction of sp³-hybridized carbons (Fsp3) is 0. The second kappa shape index (κ2) is 2.41. The number of aromatic nitrogens is 4. The summed E-state index contributed by atoms with van der Waals surface area (Å²) in [5.74, 6) is 0.0305. The quantitative estimate of drug-likeness (QED) is 0.556. The van der Waals surface area contributed by atoms with E-state index in [0.717, 1.165) is 0 Å². The van der Waals surface area contributed by atoms with Crippen LogP contribution in [0.3, 0.4) is 0 Å². The van der Waals surface area contributed by atoms with Crippen molar-refractivity contribution in [1.29, 1.82) is 0 Å². The smallest absolute Gasteiger partial charge is 0.280 e. The zero-order chi connectivity index (χ0) is 9.42. The predicted octanol–water partition coefficient (Wildman–Crippen LogP) is -0.835. The van der Waals surface area contributed by atoms with Gasteiger partial charge in [-0.2, -0.15) is 10.1 Å². The number of hydrogen-bond donors (Lipinski definition) is 2. The molecule has 2 rings (SSSR count). The average molecular weight is 178 g/mol. The topological polar surface area (TPSA) is 102 Å². The second-order valence-electron chi connectivity index (χ2n) is 2.35. The molecule has 0 saturated heterocycles. The molecule has 7 nitrogen and oxygen atoms in total. The molecule has 0 saturated carbocycles. The Kier molecular flexibility index (Phi) is 1.38. The van der Waals surface area contributed by atoms with Crippen molar-refractivity contribution in [3.63, 3.8) is 0 Å². The Labute approximate surface area is 71.9 Å². The number of nitrogens with zero attached hydrogens (tertiary/aromatic N) is 4. The summed E-state index contributed by atoms with van der Waals surface area (Å²) in [6.07, 6.45) is 1.35. The molecule has 0 aliphatic carbocycles. The lowest BCUT2D eigenvalue weighted by molar-refractivity contribution is 0.902. The van der Waals surface area contributed by atoms with Gasteiger partial charge in [-0.05, 0) is 0 Å². The third kappa shape index (κ3) is 0.975. The van der Waals surface area contributed by atoms with E-state index in [1.165, 1.54) is 11.0 Å². The summed E-state index contributed by atoms with van der Waals surface area (Å²) in [6, 6.07) is 0. The van der Waals surface area contributed by atoms with Crippen molar-refractivity contribution in [1.82, 2.24) is 19.6 Å². The number of nitrogens with two attached hydrogens (primary N) is 1. The molecule has 2 heterocycles. The lowest BCUT2D eigenvalue weighted by Crippen LogP contribution is -2.11. The van der Waals surface area contributed by atoms with Crippen molar-refractivity contribution in [2.45, 2.75) is 0 Å². The van der Waals surface area contributed by atoms with E-state index < -0.39 is 0 Å². The SMILES string of the molecule is C=Nn1cnc2c(=O)[nH]c(N)nc21. The highest BCUT2D eigenvalue weighted by Crippen LogP contribution is 2.04. The van der Waals surface area contributed by atoms with Crippen LogP contribution < -0.4 is 11.3 Å². The normalized spacial score (nSPS) is 10.5. The minimum Gasteiger partial charge on any atom is -0.369 e. The number of imidazole rings is 1. The van der Waals surface area contributed by atoms with Gasteiger partial charge in [-0.25, -0.2) is 9.66 Å². The average Bonchev–Trinajstić information content (AvgIpc) is 2.47. The van der Waals surface area contributed by atoms with E-state index in [0.29, 0.717) is 5.65 Å². The maximum Gasteiger partial charge on any atom is 0.280 e. The van der Waals surface area contributed by atoms with E-state index in [2.05, 4.69) is 26.8 Å². The first-order valence-electron chi connectivity index (χ1n) is 3.42. The molecule has 2 aromatic rings. The predicted molar refractivity (Wildman–Crippen MR) is 47.5 cm³/mol. The van der Waals surface area contributed by atoms with Crippen LogP contribution in [0.4, 0.5) is 5.95 Å². The molecule has 0 aliphatic heterocycles. The molecular formula is C6H6N6O. The van der Waals surface area contributed by atoms with Gasteiger partial charge >= 0.3 is 0 Å². The van der Waals surface area contributed by atoms with E-state index in [1.807, 2.05) is 0 Å². The molecule has 0 aromatic carbocycles. The van der Waals surface area contributed by atoms with Crippen molar-refractivity contribution in [2.75, 3.05) is 5.73 Å². The third-order valence-electron chi connectivity index (χ3n) is 1.56. The van der Waals surface area contributed by atoms with Gasteiger partial charge in [0.05, 0.1) is 0 Å². The second-order valence-corrected chi connectivity index (χ2v) is 2.35. The van der Waals surface area contributed by atoms with E-state index in [-0.39, 0.29) is 17.0 Å². The van der Waals surface area contributed by atoms with Gasteiger partial charge in [-0.1, -0.05) is 0 Å². The highest BCUT2D eigenvalue weighted by atomic mass is 16.1. The van der Waals surface area contributed by atoms with Gasteiger partial charge in [0.15, 0.2) is 11.2 Å². The number of rotatable bonds is 1. The van der Waals surface area contributed by atoms with Crippen LogP contribution in [0.5, 0.6) is 0 Å². The number of aromatic amines is 1. The van der Waals surface area contributed by atoms with Crippen molar-refractivity contribution in [3.05, 3.63) is 16.7 Å². The Morgan fingerprint density at radius 1 is 1.69 bits per heavy atom. The van der Waals surface area contributed by atoms with Gasteiger partial charge in [-0.3, -0.25) is 9.78 Å². The van der Waals surface area contributed by atoms with Crippen molar-refractivity contribution >= 4 is 23.8 Å². The number of nitrogen functional groups attached to an aromatic ring is 1. The molecule has 0 radical (unpaired) electrons. The number of anilines is 1. The lowest BCUT2D eigenvalue weighted by atomic mass is 10.5. The van der Waals surface area contributed by atoms with E-state index in [4.69, 9.17) is 5.73 Å². The summed E-state index contributed by atoms with van der Waals surface area (Å²) in [5, 5.41) is 3.57. The summed E-state index contributed by atoms with van der Waals surface area (Å²) in [5.41, 5.74) is 5.45. The van der Waals surface area contributed by atoms with Crippen LogP contribution in [0.1, 0.15) is 0 Å². The third-order valence-corrected chi connectivity index (χ3v) is 1.56. The molecule has 66 valence electrons. The fourth-order valence-corrected chi connectivity index (χ4v) is 1.02. The molecule has 13 heavy (non-hydrogen) atoms. The summed E-state index contributed by atoms with van der Waals surface area (Å²) in [4.78, 5) is 21.2. The van der Waals surface area contributed by atoms with Gasteiger partial charge in [-0.15, -0.1) is 0 Å². The number of H-pyrrole nitrogens is 1. The van der Waals surface area contributed by atoms with Gasteiger partial charge in [0.25, 0.3) is 5.56 Å². The molecule has 0 atom stereocenters. The number of nitrogens with one attached hydrogen (secondary N) is 1. The Morgan fingerprint density at radius 2 is 2.46 bits per heavy atom. The Hall–Kier alpha value is -2.18. The Bertz CT molecular complexity index is 523. The Balaban J connectivity index is 2.98.